The predicted molar refractivity (Wildman–Crippen MR) is 82.5 cm³/mol. The summed E-state index contributed by atoms with van der Waals surface area (Å²) in [6.07, 6.45) is 0.961. The van der Waals surface area contributed by atoms with Gasteiger partial charge in [0.2, 0.25) is 5.91 Å². The summed E-state index contributed by atoms with van der Waals surface area (Å²) < 4.78 is 5.36. The van der Waals surface area contributed by atoms with E-state index in [0.29, 0.717) is 0 Å². The van der Waals surface area contributed by atoms with Crippen molar-refractivity contribution in [2.24, 2.45) is 5.41 Å². The minimum absolute atomic E-state index is 0.0273. The molecule has 112 valence electrons. The zero-order valence-corrected chi connectivity index (χ0v) is 13.3. The van der Waals surface area contributed by atoms with Gasteiger partial charge < -0.3 is 10.1 Å². The summed E-state index contributed by atoms with van der Waals surface area (Å²) in [6.45, 7) is 10.5. The molecule has 0 spiro atoms. The number of benzene rings is 1. The van der Waals surface area contributed by atoms with Crippen molar-refractivity contribution in [2.75, 3.05) is 6.61 Å². The molecule has 0 aromatic heterocycles. The fourth-order valence-electron chi connectivity index (χ4n) is 2.03. The molecule has 1 unspecified atom stereocenters. The second-order valence-corrected chi connectivity index (χ2v) is 6.66. The number of carbonyl (C=O) groups is 1. The van der Waals surface area contributed by atoms with E-state index in [0.717, 1.165) is 12.0 Å². The van der Waals surface area contributed by atoms with Crippen LogP contribution in [0.15, 0.2) is 30.3 Å². The molecule has 1 amide bonds. The molecule has 3 heteroatoms. The van der Waals surface area contributed by atoms with E-state index >= 15 is 0 Å². The fraction of sp³-hybridized carbons (Fsp3) is 0.588. The highest BCUT2D eigenvalue weighted by molar-refractivity contribution is 5.77. The van der Waals surface area contributed by atoms with E-state index in [1.807, 2.05) is 32.0 Å². The Labute approximate surface area is 122 Å². The number of amides is 1. The Balaban J connectivity index is 2.71. The zero-order chi connectivity index (χ0) is 15.2. The van der Waals surface area contributed by atoms with Gasteiger partial charge in [0.05, 0.1) is 12.1 Å². The van der Waals surface area contributed by atoms with Crippen LogP contribution in [0.3, 0.4) is 0 Å². The van der Waals surface area contributed by atoms with E-state index in [4.69, 9.17) is 4.74 Å². The van der Waals surface area contributed by atoms with Crippen molar-refractivity contribution in [3.63, 3.8) is 0 Å². The van der Waals surface area contributed by atoms with Crippen molar-refractivity contribution < 1.29 is 9.53 Å². The Morgan fingerprint density at radius 2 is 1.80 bits per heavy atom. The number of ether oxygens (including phenoxy) is 1. The molecule has 20 heavy (non-hydrogen) atoms. The summed E-state index contributed by atoms with van der Waals surface area (Å²) in [5.41, 5.74) is 1.28. The SMILES string of the molecule is CC(C)OCC(=O)NC(CC(C)(C)C)c1ccccc1. The topological polar surface area (TPSA) is 38.3 Å². The first-order valence-corrected chi connectivity index (χ1v) is 7.24. The van der Waals surface area contributed by atoms with Crippen LogP contribution < -0.4 is 5.32 Å². The molecule has 1 atom stereocenters. The summed E-state index contributed by atoms with van der Waals surface area (Å²) in [6, 6.07) is 10.1. The molecule has 0 heterocycles. The molecule has 0 fully saturated rings. The summed E-state index contributed by atoms with van der Waals surface area (Å²) in [5, 5.41) is 3.08. The van der Waals surface area contributed by atoms with Crippen LogP contribution in [0.5, 0.6) is 0 Å². The van der Waals surface area contributed by atoms with Gasteiger partial charge in [0, 0.05) is 0 Å². The van der Waals surface area contributed by atoms with E-state index in [9.17, 15) is 4.79 Å². The number of nitrogens with one attached hydrogen (secondary N) is 1. The van der Waals surface area contributed by atoms with E-state index in [2.05, 4.69) is 38.2 Å². The van der Waals surface area contributed by atoms with E-state index in [-0.39, 0.29) is 30.1 Å². The van der Waals surface area contributed by atoms with Gasteiger partial charge in [0.25, 0.3) is 0 Å². The third kappa shape index (κ3) is 6.71. The van der Waals surface area contributed by atoms with Crippen LogP contribution >= 0.6 is 0 Å². The molecule has 3 nitrogen and oxygen atoms in total. The van der Waals surface area contributed by atoms with Crippen molar-refractivity contribution in [1.29, 1.82) is 0 Å². The normalized spacial score (nSPS) is 13.3. The third-order valence-corrected chi connectivity index (χ3v) is 2.90. The van der Waals surface area contributed by atoms with Crippen LogP contribution in [0.25, 0.3) is 0 Å². The Hall–Kier alpha value is -1.35. The maximum Gasteiger partial charge on any atom is 0.246 e. The van der Waals surface area contributed by atoms with Crippen LogP contribution in [0, 0.1) is 5.41 Å². The van der Waals surface area contributed by atoms with Crippen LogP contribution in [0.4, 0.5) is 0 Å². The fourth-order valence-corrected chi connectivity index (χ4v) is 2.03. The second-order valence-electron chi connectivity index (χ2n) is 6.66. The van der Waals surface area contributed by atoms with Gasteiger partial charge in [-0.05, 0) is 31.2 Å². The molecule has 1 rings (SSSR count). The van der Waals surface area contributed by atoms with Crippen LogP contribution in [0.2, 0.25) is 0 Å². The first kappa shape index (κ1) is 16.7. The van der Waals surface area contributed by atoms with Crippen molar-refractivity contribution >= 4 is 5.91 Å². The molecule has 0 aliphatic carbocycles. The lowest BCUT2D eigenvalue weighted by molar-refractivity contribution is -0.128. The lowest BCUT2D eigenvalue weighted by Gasteiger charge is -2.27. The molecule has 1 N–H and O–H groups in total. The van der Waals surface area contributed by atoms with E-state index < -0.39 is 0 Å². The Bertz CT molecular complexity index is 407. The van der Waals surface area contributed by atoms with Crippen LogP contribution in [-0.2, 0) is 9.53 Å². The smallest absolute Gasteiger partial charge is 0.246 e. The van der Waals surface area contributed by atoms with Gasteiger partial charge in [-0.1, -0.05) is 51.1 Å². The van der Waals surface area contributed by atoms with Gasteiger partial charge in [-0.25, -0.2) is 0 Å². The van der Waals surface area contributed by atoms with Crippen molar-refractivity contribution in [3.05, 3.63) is 35.9 Å². The largest absolute Gasteiger partial charge is 0.369 e. The highest BCUT2D eigenvalue weighted by Gasteiger charge is 2.21. The first-order chi connectivity index (χ1) is 9.28. The molecule has 1 aromatic carbocycles. The van der Waals surface area contributed by atoms with Crippen molar-refractivity contribution in [2.45, 2.75) is 53.2 Å². The molecular formula is C17H27NO2. The molecule has 1 aromatic rings. The molecule has 0 saturated carbocycles. The number of hydrogen-bond acceptors (Lipinski definition) is 2. The monoisotopic (exact) mass is 277 g/mol. The lowest BCUT2D eigenvalue weighted by Crippen LogP contribution is -2.34. The predicted octanol–water partition coefficient (Wildman–Crippen LogP) is 3.71. The lowest BCUT2D eigenvalue weighted by atomic mass is 9.85. The van der Waals surface area contributed by atoms with Crippen molar-refractivity contribution in [3.8, 4) is 0 Å². The molecule has 0 saturated heterocycles. The second kappa shape index (κ2) is 7.44. The quantitative estimate of drug-likeness (QED) is 0.861. The molecular weight excluding hydrogens is 250 g/mol. The standard InChI is InChI=1S/C17H27NO2/c1-13(2)20-12-16(19)18-15(11-17(3,4)5)14-9-7-6-8-10-14/h6-10,13,15H,11-12H2,1-5H3,(H,18,19). The number of rotatable bonds is 6. The molecule has 0 bridgehead atoms. The highest BCUT2D eigenvalue weighted by atomic mass is 16.5. The van der Waals surface area contributed by atoms with E-state index in [1.165, 1.54) is 0 Å². The van der Waals surface area contributed by atoms with Gasteiger partial charge in [-0.3, -0.25) is 4.79 Å². The van der Waals surface area contributed by atoms with Crippen LogP contribution in [0.1, 0.15) is 52.6 Å². The minimum Gasteiger partial charge on any atom is -0.369 e. The summed E-state index contributed by atoms with van der Waals surface area (Å²) in [4.78, 5) is 12.0. The highest BCUT2D eigenvalue weighted by Crippen LogP contribution is 2.29. The summed E-state index contributed by atoms with van der Waals surface area (Å²) >= 11 is 0. The molecule has 0 aliphatic rings. The zero-order valence-electron chi connectivity index (χ0n) is 13.3. The average molecular weight is 277 g/mol. The van der Waals surface area contributed by atoms with Gasteiger partial charge in [-0.15, -0.1) is 0 Å². The molecule has 0 aliphatic heterocycles. The van der Waals surface area contributed by atoms with E-state index in [1.54, 1.807) is 0 Å². The molecule has 0 radical (unpaired) electrons. The summed E-state index contributed by atoms with van der Waals surface area (Å²) in [5.74, 6) is -0.0585. The first-order valence-electron chi connectivity index (χ1n) is 7.24. The minimum atomic E-state index is -0.0585. The number of hydrogen-bond donors (Lipinski definition) is 1. The number of carbonyl (C=O) groups excluding carboxylic acids is 1. The Morgan fingerprint density at radius 1 is 1.20 bits per heavy atom. The Morgan fingerprint density at radius 3 is 2.30 bits per heavy atom. The van der Waals surface area contributed by atoms with Crippen LogP contribution in [-0.4, -0.2) is 18.6 Å². The summed E-state index contributed by atoms with van der Waals surface area (Å²) in [7, 11) is 0. The van der Waals surface area contributed by atoms with Gasteiger partial charge in [-0.2, -0.15) is 0 Å². The van der Waals surface area contributed by atoms with Crippen molar-refractivity contribution in [1.82, 2.24) is 5.32 Å². The maximum absolute atomic E-state index is 12.0. The Kier molecular flexibility index (Phi) is 6.21. The van der Waals surface area contributed by atoms with Gasteiger partial charge >= 0.3 is 0 Å². The van der Waals surface area contributed by atoms with Gasteiger partial charge in [0.1, 0.15) is 6.61 Å². The van der Waals surface area contributed by atoms with Gasteiger partial charge in [0.15, 0.2) is 0 Å². The maximum atomic E-state index is 12.0. The third-order valence-electron chi connectivity index (χ3n) is 2.90. The average Bonchev–Trinajstić information content (AvgIpc) is 2.35.